The molecule has 104 valence electrons. The van der Waals surface area contributed by atoms with Gasteiger partial charge in [0.2, 0.25) is 0 Å². The average Bonchev–Trinajstić information content (AvgIpc) is 2.79. The van der Waals surface area contributed by atoms with Crippen molar-refractivity contribution < 1.29 is 14.7 Å². The van der Waals surface area contributed by atoms with Crippen LogP contribution in [0.2, 0.25) is 0 Å². The average molecular weight is 266 g/mol. The van der Waals surface area contributed by atoms with E-state index in [1.54, 1.807) is 10.7 Å². The Morgan fingerprint density at radius 3 is 2.95 bits per heavy atom. The lowest BCUT2D eigenvalue weighted by Crippen LogP contribution is -2.57. The Bertz CT molecular complexity index is 497. The van der Waals surface area contributed by atoms with E-state index < -0.39 is 12.0 Å². The third-order valence-electron chi connectivity index (χ3n) is 3.21. The molecular formula is C12H18N4O3. The minimum atomic E-state index is -0.986. The van der Waals surface area contributed by atoms with Gasteiger partial charge in [0.25, 0.3) is 5.91 Å². The van der Waals surface area contributed by atoms with E-state index in [-0.39, 0.29) is 12.5 Å². The molecule has 1 aromatic rings. The molecule has 0 radical (unpaired) electrons. The van der Waals surface area contributed by atoms with E-state index in [4.69, 9.17) is 0 Å². The van der Waals surface area contributed by atoms with Crippen LogP contribution in [0.4, 0.5) is 0 Å². The molecule has 0 bridgehead atoms. The number of carbonyl (C=O) groups excluding carboxylic acids is 1. The van der Waals surface area contributed by atoms with Gasteiger partial charge in [-0.05, 0) is 19.9 Å². The van der Waals surface area contributed by atoms with Crippen LogP contribution in [0, 0.1) is 6.92 Å². The van der Waals surface area contributed by atoms with Gasteiger partial charge >= 0.3 is 5.97 Å². The molecule has 7 nitrogen and oxygen atoms in total. The lowest BCUT2D eigenvalue weighted by molar-refractivity contribution is -0.142. The summed E-state index contributed by atoms with van der Waals surface area (Å²) in [7, 11) is 0. The molecule has 1 aliphatic rings. The van der Waals surface area contributed by atoms with Crippen molar-refractivity contribution in [1.82, 2.24) is 20.0 Å². The van der Waals surface area contributed by atoms with Crippen molar-refractivity contribution >= 4 is 11.9 Å². The highest BCUT2D eigenvalue weighted by atomic mass is 16.4. The number of aryl methyl sites for hydroxylation is 2. The Morgan fingerprint density at radius 1 is 1.58 bits per heavy atom. The second kappa shape index (κ2) is 5.40. The Morgan fingerprint density at radius 2 is 2.32 bits per heavy atom. The normalized spacial score (nSPS) is 19.5. The maximum Gasteiger partial charge on any atom is 0.327 e. The predicted molar refractivity (Wildman–Crippen MR) is 68.0 cm³/mol. The first-order chi connectivity index (χ1) is 9.04. The van der Waals surface area contributed by atoms with Gasteiger partial charge in [0.1, 0.15) is 11.7 Å². The molecule has 1 atom stereocenters. The predicted octanol–water partition coefficient (Wildman–Crippen LogP) is -0.290. The zero-order chi connectivity index (χ0) is 14.0. The minimum absolute atomic E-state index is 0.267. The Hall–Kier alpha value is -1.89. The second-order valence-electron chi connectivity index (χ2n) is 4.54. The third-order valence-corrected chi connectivity index (χ3v) is 3.21. The van der Waals surface area contributed by atoms with Gasteiger partial charge in [-0.15, -0.1) is 0 Å². The first-order valence-corrected chi connectivity index (χ1v) is 6.33. The molecule has 1 aromatic heterocycles. The van der Waals surface area contributed by atoms with Gasteiger partial charge in [0.15, 0.2) is 0 Å². The highest BCUT2D eigenvalue weighted by molar-refractivity contribution is 5.95. The molecule has 1 amide bonds. The molecule has 0 aromatic carbocycles. The Labute approximate surface area is 111 Å². The SMILES string of the molecule is CCn1nc(C)cc1C(=O)N1CCNCC1C(=O)O. The number of carbonyl (C=O) groups is 2. The lowest BCUT2D eigenvalue weighted by Gasteiger charge is -2.33. The number of carboxylic acids is 1. The molecule has 19 heavy (non-hydrogen) atoms. The summed E-state index contributed by atoms with van der Waals surface area (Å²) in [6.07, 6.45) is 0. The van der Waals surface area contributed by atoms with E-state index in [0.29, 0.717) is 25.3 Å². The number of amides is 1. The summed E-state index contributed by atoms with van der Waals surface area (Å²) in [5.74, 6) is -1.25. The number of nitrogens with one attached hydrogen (secondary N) is 1. The zero-order valence-corrected chi connectivity index (χ0v) is 11.1. The molecule has 0 spiro atoms. The molecule has 7 heteroatoms. The van der Waals surface area contributed by atoms with Crippen molar-refractivity contribution in [3.8, 4) is 0 Å². The van der Waals surface area contributed by atoms with Crippen molar-refractivity contribution in [2.24, 2.45) is 0 Å². The van der Waals surface area contributed by atoms with Gasteiger partial charge in [-0.25, -0.2) is 4.79 Å². The van der Waals surface area contributed by atoms with Gasteiger partial charge in [-0.1, -0.05) is 0 Å². The van der Waals surface area contributed by atoms with Crippen LogP contribution < -0.4 is 5.32 Å². The van der Waals surface area contributed by atoms with E-state index in [0.717, 1.165) is 5.69 Å². The second-order valence-corrected chi connectivity index (χ2v) is 4.54. The molecule has 2 rings (SSSR count). The molecule has 1 saturated heterocycles. The van der Waals surface area contributed by atoms with Crippen LogP contribution in [0.1, 0.15) is 23.1 Å². The molecule has 2 heterocycles. The first-order valence-electron chi connectivity index (χ1n) is 6.33. The summed E-state index contributed by atoms with van der Waals surface area (Å²) < 4.78 is 1.61. The molecular weight excluding hydrogens is 248 g/mol. The number of aliphatic carboxylic acids is 1. The van der Waals surface area contributed by atoms with Crippen LogP contribution in [0.3, 0.4) is 0 Å². The van der Waals surface area contributed by atoms with Crippen LogP contribution in [-0.4, -0.2) is 57.3 Å². The summed E-state index contributed by atoms with van der Waals surface area (Å²) in [6.45, 7) is 5.57. The van der Waals surface area contributed by atoms with Gasteiger partial charge in [0, 0.05) is 26.2 Å². The quantitative estimate of drug-likeness (QED) is 0.785. The Kier molecular flexibility index (Phi) is 3.84. The fourth-order valence-electron chi connectivity index (χ4n) is 2.27. The van der Waals surface area contributed by atoms with E-state index in [1.807, 2.05) is 13.8 Å². The van der Waals surface area contributed by atoms with Gasteiger partial charge in [-0.3, -0.25) is 9.48 Å². The molecule has 1 fully saturated rings. The van der Waals surface area contributed by atoms with Crippen molar-refractivity contribution in [3.63, 3.8) is 0 Å². The van der Waals surface area contributed by atoms with Crippen LogP contribution in [0.15, 0.2) is 6.07 Å². The lowest BCUT2D eigenvalue weighted by atomic mass is 10.1. The number of carboxylic acid groups (broad SMARTS) is 1. The fourth-order valence-corrected chi connectivity index (χ4v) is 2.27. The largest absolute Gasteiger partial charge is 0.480 e. The minimum Gasteiger partial charge on any atom is -0.480 e. The number of hydrogen-bond donors (Lipinski definition) is 2. The van der Waals surface area contributed by atoms with Gasteiger partial charge < -0.3 is 15.3 Å². The van der Waals surface area contributed by atoms with E-state index in [2.05, 4.69) is 10.4 Å². The smallest absolute Gasteiger partial charge is 0.327 e. The van der Waals surface area contributed by atoms with E-state index in [9.17, 15) is 14.7 Å². The summed E-state index contributed by atoms with van der Waals surface area (Å²) in [5, 5.41) is 16.4. The van der Waals surface area contributed by atoms with Crippen LogP contribution in [0.5, 0.6) is 0 Å². The van der Waals surface area contributed by atoms with Crippen LogP contribution >= 0.6 is 0 Å². The molecule has 1 aliphatic heterocycles. The van der Waals surface area contributed by atoms with Crippen molar-refractivity contribution in [2.75, 3.05) is 19.6 Å². The Balaban J connectivity index is 2.28. The number of rotatable bonds is 3. The fraction of sp³-hybridized carbons (Fsp3) is 0.583. The zero-order valence-electron chi connectivity index (χ0n) is 11.1. The highest BCUT2D eigenvalue weighted by Crippen LogP contribution is 2.12. The number of nitrogens with zero attached hydrogens (tertiary/aromatic N) is 3. The topological polar surface area (TPSA) is 87.5 Å². The summed E-state index contributed by atoms with van der Waals surface area (Å²) >= 11 is 0. The van der Waals surface area contributed by atoms with Crippen molar-refractivity contribution in [2.45, 2.75) is 26.4 Å². The van der Waals surface area contributed by atoms with Crippen molar-refractivity contribution in [1.29, 1.82) is 0 Å². The highest BCUT2D eigenvalue weighted by Gasteiger charge is 2.33. The number of piperazine rings is 1. The van der Waals surface area contributed by atoms with Crippen molar-refractivity contribution in [3.05, 3.63) is 17.5 Å². The summed E-state index contributed by atoms with van der Waals surface area (Å²) in [6, 6.07) is 0.883. The molecule has 0 saturated carbocycles. The summed E-state index contributed by atoms with van der Waals surface area (Å²) in [5.41, 5.74) is 1.21. The number of aromatic nitrogens is 2. The van der Waals surface area contributed by atoms with E-state index >= 15 is 0 Å². The molecule has 2 N–H and O–H groups in total. The van der Waals surface area contributed by atoms with Crippen LogP contribution in [-0.2, 0) is 11.3 Å². The molecule has 0 aliphatic carbocycles. The number of hydrogen-bond acceptors (Lipinski definition) is 4. The van der Waals surface area contributed by atoms with E-state index in [1.165, 1.54) is 4.90 Å². The maximum atomic E-state index is 12.5. The maximum absolute atomic E-state index is 12.5. The van der Waals surface area contributed by atoms with Gasteiger partial charge in [-0.2, -0.15) is 5.10 Å². The molecule has 1 unspecified atom stereocenters. The third kappa shape index (κ3) is 2.60. The monoisotopic (exact) mass is 266 g/mol. The summed E-state index contributed by atoms with van der Waals surface area (Å²) in [4.78, 5) is 25.1. The van der Waals surface area contributed by atoms with Crippen LogP contribution in [0.25, 0.3) is 0 Å². The standard InChI is InChI=1S/C12H18N4O3/c1-3-16-9(6-8(2)14-16)11(17)15-5-4-13-7-10(15)12(18)19/h6,10,13H,3-5,7H2,1-2H3,(H,18,19). The van der Waals surface area contributed by atoms with Gasteiger partial charge in [0.05, 0.1) is 5.69 Å². The first kappa shape index (κ1) is 13.5.